The molecule has 1 amide bonds. The molecule has 1 N–H and O–H groups in total. The quantitative estimate of drug-likeness (QED) is 0.556. The van der Waals surface area contributed by atoms with Crippen LogP contribution in [0, 0.1) is 19.7 Å². The van der Waals surface area contributed by atoms with Crippen molar-refractivity contribution in [1.82, 2.24) is 5.32 Å². The van der Waals surface area contributed by atoms with Gasteiger partial charge in [-0.05, 0) is 50.1 Å². The molecule has 0 fully saturated rings. The predicted octanol–water partition coefficient (Wildman–Crippen LogP) is 3.65. The zero-order valence-electron chi connectivity index (χ0n) is 16.3. The summed E-state index contributed by atoms with van der Waals surface area (Å²) in [4.78, 5) is 36.3. The number of aryl methyl sites for hydroxylation is 2. The van der Waals surface area contributed by atoms with E-state index in [1.165, 1.54) is 19.1 Å². The maximum absolute atomic E-state index is 12.9. The third-order valence-corrected chi connectivity index (χ3v) is 4.31. The van der Waals surface area contributed by atoms with Crippen LogP contribution in [-0.4, -0.2) is 23.8 Å². The number of ether oxygens (including phenoxy) is 1. The third kappa shape index (κ3) is 6.30. The van der Waals surface area contributed by atoms with E-state index < -0.39 is 18.0 Å². The van der Waals surface area contributed by atoms with Gasteiger partial charge in [0, 0.05) is 18.5 Å². The molecule has 2 aromatic rings. The van der Waals surface area contributed by atoms with E-state index in [4.69, 9.17) is 4.74 Å². The Hall–Kier alpha value is -3.02. The van der Waals surface area contributed by atoms with E-state index in [0.717, 1.165) is 16.7 Å². The third-order valence-electron chi connectivity index (χ3n) is 4.31. The van der Waals surface area contributed by atoms with Gasteiger partial charge in [0.15, 0.2) is 11.9 Å². The van der Waals surface area contributed by atoms with E-state index in [1.807, 2.05) is 26.0 Å². The number of rotatable bonds is 8. The van der Waals surface area contributed by atoms with Gasteiger partial charge in [0.25, 0.3) is 5.91 Å². The summed E-state index contributed by atoms with van der Waals surface area (Å²) >= 11 is 0. The number of halogens is 1. The average Bonchev–Trinajstić information content (AvgIpc) is 2.67. The molecule has 0 saturated carbocycles. The number of hydrogen-bond acceptors (Lipinski definition) is 4. The molecular weight excluding hydrogens is 361 g/mol. The number of hydrogen-bond donors (Lipinski definition) is 1. The van der Waals surface area contributed by atoms with Gasteiger partial charge in [0.1, 0.15) is 5.82 Å². The van der Waals surface area contributed by atoms with Gasteiger partial charge in [-0.1, -0.05) is 29.8 Å². The minimum atomic E-state index is -0.983. The van der Waals surface area contributed by atoms with Crippen molar-refractivity contribution in [3.05, 3.63) is 70.5 Å². The summed E-state index contributed by atoms with van der Waals surface area (Å²) in [7, 11) is 0. The molecule has 0 aliphatic rings. The predicted molar refractivity (Wildman–Crippen MR) is 103 cm³/mol. The monoisotopic (exact) mass is 385 g/mol. The smallest absolute Gasteiger partial charge is 0.307 e. The number of esters is 1. The van der Waals surface area contributed by atoms with Crippen molar-refractivity contribution in [2.24, 2.45) is 0 Å². The molecule has 148 valence electrons. The molecule has 0 radical (unpaired) electrons. The van der Waals surface area contributed by atoms with Crippen LogP contribution in [0.15, 0.2) is 42.5 Å². The summed E-state index contributed by atoms with van der Waals surface area (Å²) in [6, 6.07) is 11.3. The van der Waals surface area contributed by atoms with E-state index in [0.29, 0.717) is 5.56 Å². The zero-order chi connectivity index (χ0) is 20.7. The molecule has 0 saturated heterocycles. The Kier molecular flexibility index (Phi) is 7.44. The van der Waals surface area contributed by atoms with E-state index >= 15 is 0 Å². The molecule has 0 heterocycles. The first kappa shape index (κ1) is 21.3. The van der Waals surface area contributed by atoms with Crippen LogP contribution in [0.2, 0.25) is 0 Å². The highest BCUT2D eigenvalue weighted by molar-refractivity contribution is 5.99. The fourth-order valence-electron chi connectivity index (χ4n) is 2.63. The van der Waals surface area contributed by atoms with Crippen molar-refractivity contribution in [3.8, 4) is 0 Å². The summed E-state index contributed by atoms with van der Waals surface area (Å²) in [5.41, 5.74) is 3.16. The van der Waals surface area contributed by atoms with Gasteiger partial charge in [-0.25, -0.2) is 4.39 Å². The Balaban J connectivity index is 1.78. The summed E-state index contributed by atoms with van der Waals surface area (Å²) in [5.74, 6) is -1.55. The zero-order valence-corrected chi connectivity index (χ0v) is 16.3. The standard InChI is InChI=1S/C22H24FNO4/c1-14-4-5-15(2)19(12-14)20(25)10-11-21(26)28-16(3)22(27)24-13-17-6-8-18(23)9-7-17/h4-9,12,16H,10-11,13H2,1-3H3,(H,24,27)/t16-/m1/s1. The molecule has 5 nitrogen and oxygen atoms in total. The lowest BCUT2D eigenvalue weighted by molar-refractivity contribution is -0.154. The summed E-state index contributed by atoms with van der Waals surface area (Å²) in [6.45, 7) is 5.41. The SMILES string of the molecule is Cc1ccc(C)c(C(=O)CCC(=O)O[C@H](C)C(=O)NCc2ccc(F)cc2)c1. The minimum Gasteiger partial charge on any atom is -0.453 e. The molecule has 6 heteroatoms. The van der Waals surface area contributed by atoms with E-state index in [2.05, 4.69) is 5.32 Å². The first-order valence-corrected chi connectivity index (χ1v) is 9.08. The van der Waals surface area contributed by atoms with E-state index in [1.54, 1.807) is 18.2 Å². The molecule has 28 heavy (non-hydrogen) atoms. The molecule has 0 aliphatic heterocycles. The maximum Gasteiger partial charge on any atom is 0.307 e. The normalized spacial score (nSPS) is 11.6. The highest BCUT2D eigenvalue weighted by Crippen LogP contribution is 2.14. The van der Waals surface area contributed by atoms with Gasteiger partial charge in [0.05, 0.1) is 6.42 Å². The molecule has 2 aromatic carbocycles. The number of amides is 1. The first-order valence-electron chi connectivity index (χ1n) is 9.08. The van der Waals surface area contributed by atoms with Gasteiger partial charge in [-0.2, -0.15) is 0 Å². The van der Waals surface area contributed by atoms with Crippen molar-refractivity contribution in [2.75, 3.05) is 0 Å². The molecule has 0 aromatic heterocycles. The fraction of sp³-hybridized carbons (Fsp3) is 0.318. The lowest BCUT2D eigenvalue weighted by atomic mass is 9.99. The lowest BCUT2D eigenvalue weighted by Crippen LogP contribution is -2.35. The van der Waals surface area contributed by atoms with Crippen LogP contribution in [0.5, 0.6) is 0 Å². The molecule has 0 spiro atoms. The van der Waals surface area contributed by atoms with Gasteiger partial charge < -0.3 is 10.1 Å². The van der Waals surface area contributed by atoms with Crippen LogP contribution in [-0.2, 0) is 20.9 Å². The fourth-order valence-corrected chi connectivity index (χ4v) is 2.63. The summed E-state index contributed by atoms with van der Waals surface area (Å²) < 4.78 is 18.0. The Bertz CT molecular complexity index is 861. The Morgan fingerprint density at radius 1 is 1.04 bits per heavy atom. The molecule has 1 atom stereocenters. The van der Waals surface area contributed by atoms with Crippen molar-refractivity contribution < 1.29 is 23.5 Å². The summed E-state index contributed by atoms with van der Waals surface area (Å²) in [6.07, 6.45) is -1.06. The number of Topliss-reactive ketones (excluding diaryl/α,β-unsaturated/α-hetero) is 1. The minimum absolute atomic E-state index is 0.0209. The average molecular weight is 385 g/mol. The van der Waals surface area contributed by atoms with E-state index in [-0.39, 0.29) is 31.0 Å². The van der Waals surface area contributed by atoms with Crippen molar-refractivity contribution in [2.45, 2.75) is 46.3 Å². The van der Waals surface area contributed by atoms with Gasteiger partial charge in [-0.15, -0.1) is 0 Å². The molecule has 0 aliphatic carbocycles. The highest BCUT2D eigenvalue weighted by Gasteiger charge is 2.19. The number of ketones is 1. The van der Waals surface area contributed by atoms with Crippen molar-refractivity contribution >= 4 is 17.7 Å². The van der Waals surface area contributed by atoms with Gasteiger partial charge in [0.2, 0.25) is 0 Å². The van der Waals surface area contributed by atoms with Crippen LogP contribution in [0.3, 0.4) is 0 Å². The van der Waals surface area contributed by atoms with E-state index in [9.17, 15) is 18.8 Å². The largest absolute Gasteiger partial charge is 0.453 e. The van der Waals surface area contributed by atoms with Crippen LogP contribution >= 0.6 is 0 Å². The Labute approximate surface area is 163 Å². The maximum atomic E-state index is 12.9. The number of benzene rings is 2. The molecular formula is C22H24FNO4. The van der Waals surface area contributed by atoms with Crippen LogP contribution < -0.4 is 5.32 Å². The highest BCUT2D eigenvalue weighted by atomic mass is 19.1. The van der Waals surface area contributed by atoms with Crippen LogP contribution in [0.25, 0.3) is 0 Å². The topological polar surface area (TPSA) is 72.5 Å². The Morgan fingerprint density at radius 2 is 1.71 bits per heavy atom. The van der Waals surface area contributed by atoms with Gasteiger partial charge in [-0.3, -0.25) is 14.4 Å². The second-order valence-corrected chi connectivity index (χ2v) is 6.72. The second-order valence-electron chi connectivity index (χ2n) is 6.72. The number of nitrogens with one attached hydrogen (secondary N) is 1. The molecule has 2 rings (SSSR count). The second kappa shape index (κ2) is 9.78. The lowest BCUT2D eigenvalue weighted by Gasteiger charge is -2.13. The van der Waals surface area contributed by atoms with Crippen LogP contribution in [0.4, 0.5) is 4.39 Å². The summed E-state index contributed by atoms with van der Waals surface area (Å²) in [5, 5.41) is 2.62. The molecule has 0 unspecified atom stereocenters. The van der Waals surface area contributed by atoms with Gasteiger partial charge >= 0.3 is 5.97 Å². The van der Waals surface area contributed by atoms with Crippen LogP contribution in [0.1, 0.15) is 46.8 Å². The Morgan fingerprint density at radius 3 is 2.39 bits per heavy atom. The number of carbonyl (C=O) groups excluding carboxylic acids is 3. The van der Waals surface area contributed by atoms with Crippen molar-refractivity contribution in [1.29, 1.82) is 0 Å². The van der Waals surface area contributed by atoms with Crippen molar-refractivity contribution in [3.63, 3.8) is 0 Å². The first-order chi connectivity index (χ1) is 13.3. The number of carbonyl (C=O) groups is 3. The molecule has 0 bridgehead atoms.